The van der Waals surface area contributed by atoms with Crippen LogP contribution in [0.3, 0.4) is 0 Å². The molecule has 3 aromatic rings. The summed E-state index contributed by atoms with van der Waals surface area (Å²) in [5, 5.41) is 16.3. The summed E-state index contributed by atoms with van der Waals surface area (Å²) in [5.41, 5.74) is 1.29. The lowest BCUT2D eigenvalue weighted by Crippen LogP contribution is -2.39. The van der Waals surface area contributed by atoms with E-state index in [2.05, 4.69) is 85.3 Å². The number of benzene rings is 1. The van der Waals surface area contributed by atoms with E-state index >= 15 is 0 Å². The molecule has 0 saturated heterocycles. The van der Waals surface area contributed by atoms with Crippen LogP contribution in [0, 0.1) is 0 Å². The molecule has 29 heavy (non-hydrogen) atoms. The van der Waals surface area contributed by atoms with Gasteiger partial charge in [0.1, 0.15) is 12.2 Å². The van der Waals surface area contributed by atoms with Crippen LogP contribution in [0.5, 0.6) is 0 Å². The minimum atomic E-state index is 0. The molecule has 7 nitrogen and oxygen atoms in total. The molecular formula is C21H32IN7. The van der Waals surface area contributed by atoms with Crippen molar-refractivity contribution in [3.05, 3.63) is 48.7 Å². The predicted octanol–water partition coefficient (Wildman–Crippen LogP) is 3.45. The largest absolute Gasteiger partial charge is 0.356 e. The van der Waals surface area contributed by atoms with Gasteiger partial charge >= 0.3 is 0 Å². The Morgan fingerprint density at radius 1 is 1.03 bits per heavy atom. The van der Waals surface area contributed by atoms with Crippen LogP contribution in [0.4, 0.5) is 0 Å². The highest BCUT2D eigenvalue weighted by molar-refractivity contribution is 14.0. The Kier molecular flexibility index (Phi) is 9.96. The van der Waals surface area contributed by atoms with Crippen molar-refractivity contribution in [3.8, 4) is 0 Å². The molecule has 8 heteroatoms. The lowest BCUT2D eigenvalue weighted by molar-refractivity contribution is 0.616. The minimum absolute atomic E-state index is 0. The summed E-state index contributed by atoms with van der Waals surface area (Å²) in [6.45, 7) is 8.56. The SMILES string of the molecule is CCCN=C(NCCCn1ccc2ccccc21)NCCn1cnnc1CC.I. The number of nitrogens with one attached hydrogen (secondary N) is 2. The summed E-state index contributed by atoms with van der Waals surface area (Å²) in [6.07, 6.45) is 6.92. The maximum atomic E-state index is 4.64. The van der Waals surface area contributed by atoms with E-state index in [1.165, 1.54) is 10.9 Å². The van der Waals surface area contributed by atoms with E-state index in [-0.39, 0.29) is 24.0 Å². The number of halogens is 1. The van der Waals surface area contributed by atoms with Gasteiger partial charge in [-0.25, -0.2) is 0 Å². The Bertz CT molecular complexity index is 884. The normalized spacial score (nSPS) is 11.4. The fourth-order valence-corrected chi connectivity index (χ4v) is 3.22. The summed E-state index contributed by atoms with van der Waals surface area (Å²) in [5.74, 6) is 1.89. The molecule has 0 spiro atoms. The first-order chi connectivity index (χ1) is 13.8. The van der Waals surface area contributed by atoms with Crippen LogP contribution in [0.1, 0.15) is 32.5 Å². The smallest absolute Gasteiger partial charge is 0.191 e. The molecule has 1 aromatic carbocycles. The van der Waals surface area contributed by atoms with Crippen LogP contribution in [0.2, 0.25) is 0 Å². The molecule has 0 atom stereocenters. The van der Waals surface area contributed by atoms with Gasteiger partial charge < -0.3 is 19.8 Å². The van der Waals surface area contributed by atoms with Gasteiger partial charge in [0.25, 0.3) is 0 Å². The quantitative estimate of drug-likeness (QED) is 0.190. The van der Waals surface area contributed by atoms with Crippen molar-refractivity contribution in [1.82, 2.24) is 30.0 Å². The van der Waals surface area contributed by atoms with E-state index in [1.54, 1.807) is 6.33 Å². The van der Waals surface area contributed by atoms with Crippen molar-refractivity contribution < 1.29 is 0 Å². The monoisotopic (exact) mass is 509 g/mol. The van der Waals surface area contributed by atoms with Gasteiger partial charge in [0.05, 0.1) is 0 Å². The molecule has 3 rings (SSSR count). The summed E-state index contributed by atoms with van der Waals surface area (Å²) >= 11 is 0. The average molecular weight is 509 g/mol. The number of nitrogens with zero attached hydrogens (tertiary/aromatic N) is 5. The van der Waals surface area contributed by atoms with E-state index in [4.69, 9.17) is 0 Å². The zero-order chi connectivity index (χ0) is 19.6. The second-order valence-electron chi connectivity index (χ2n) is 6.80. The molecule has 0 fully saturated rings. The molecule has 0 saturated carbocycles. The number of fused-ring (bicyclic) bond motifs is 1. The fraction of sp³-hybridized carbons (Fsp3) is 0.476. The van der Waals surface area contributed by atoms with Crippen LogP contribution in [-0.2, 0) is 19.5 Å². The molecule has 2 heterocycles. The second-order valence-corrected chi connectivity index (χ2v) is 6.80. The van der Waals surface area contributed by atoms with Gasteiger partial charge in [-0.05, 0) is 30.4 Å². The molecule has 0 aliphatic rings. The molecule has 0 aliphatic heterocycles. The number of para-hydroxylation sites is 1. The van der Waals surface area contributed by atoms with Crippen molar-refractivity contribution in [2.75, 3.05) is 19.6 Å². The maximum Gasteiger partial charge on any atom is 0.191 e. The standard InChI is InChI=1S/C21H31N7.HI/c1-3-11-22-21(24-13-16-28-17-25-26-20(28)4-2)23-12-7-14-27-15-10-18-8-5-6-9-19(18)27;/h5-6,8-10,15,17H,3-4,7,11-14,16H2,1-2H3,(H2,22,23,24);1H. The minimum Gasteiger partial charge on any atom is -0.356 e. The van der Waals surface area contributed by atoms with E-state index in [0.29, 0.717) is 0 Å². The first-order valence-electron chi connectivity index (χ1n) is 10.2. The van der Waals surface area contributed by atoms with Gasteiger partial charge in [-0.2, -0.15) is 0 Å². The third-order valence-corrected chi connectivity index (χ3v) is 4.70. The Morgan fingerprint density at radius 3 is 2.69 bits per heavy atom. The molecule has 2 N–H and O–H groups in total. The summed E-state index contributed by atoms with van der Waals surface area (Å²) in [4.78, 5) is 4.64. The molecular weight excluding hydrogens is 477 g/mol. The third-order valence-electron chi connectivity index (χ3n) is 4.70. The number of aromatic nitrogens is 4. The maximum absolute atomic E-state index is 4.64. The van der Waals surface area contributed by atoms with Crippen LogP contribution in [0.25, 0.3) is 10.9 Å². The van der Waals surface area contributed by atoms with Crippen LogP contribution in [-0.4, -0.2) is 44.9 Å². The van der Waals surface area contributed by atoms with Gasteiger partial charge in [-0.3, -0.25) is 4.99 Å². The molecule has 158 valence electrons. The highest BCUT2D eigenvalue weighted by Crippen LogP contribution is 2.15. The highest BCUT2D eigenvalue weighted by atomic mass is 127. The lowest BCUT2D eigenvalue weighted by Gasteiger charge is -2.14. The lowest BCUT2D eigenvalue weighted by atomic mass is 10.2. The number of hydrogen-bond donors (Lipinski definition) is 2. The van der Waals surface area contributed by atoms with Crippen molar-refractivity contribution >= 4 is 40.8 Å². The number of aliphatic imine (C=N–C) groups is 1. The molecule has 0 radical (unpaired) electrons. The topological polar surface area (TPSA) is 72.1 Å². The number of rotatable bonds is 10. The van der Waals surface area contributed by atoms with E-state index in [9.17, 15) is 0 Å². The Balaban J connectivity index is 0.00000300. The van der Waals surface area contributed by atoms with E-state index in [0.717, 1.165) is 63.8 Å². The Labute approximate surface area is 190 Å². The average Bonchev–Trinajstić information content (AvgIpc) is 3.35. The van der Waals surface area contributed by atoms with Crippen molar-refractivity contribution in [3.63, 3.8) is 0 Å². The Morgan fingerprint density at radius 2 is 1.86 bits per heavy atom. The van der Waals surface area contributed by atoms with Gasteiger partial charge in [-0.15, -0.1) is 34.2 Å². The van der Waals surface area contributed by atoms with Gasteiger partial charge in [0.15, 0.2) is 5.96 Å². The van der Waals surface area contributed by atoms with Gasteiger partial charge in [0, 0.05) is 50.9 Å². The van der Waals surface area contributed by atoms with Crippen molar-refractivity contribution in [2.24, 2.45) is 4.99 Å². The molecule has 0 aliphatic carbocycles. The number of guanidine groups is 1. The van der Waals surface area contributed by atoms with E-state index in [1.807, 2.05) is 0 Å². The molecule has 0 bridgehead atoms. The zero-order valence-electron chi connectivity index (χ0n) is 17.3. The van der Waals surface area contributed by atoms with Gasteiger partial charge in [0.2, 0.25) is 0 Å². The molecule has 2 aromatic heterocycles. The third kappa shape index (κ3) is 6.73. The zero-order valence-corrected chi connectivity index (χ0v) is 19.7. The number of aryl methyl sites for hydroxylation is 2. The number of hydrogen-bond acceptors (Lipinski definition) is 3. The molecule has 0 amide bonds. The fourth-order valence-electron chi connectivity index (χ4n) is 3.22. The Hall–Kier alpha value is -2.10. The van der Waals surface area contributed by atoms with Crippen LogP contribution >= 0.6 is 24.0 Å². The van der Waals surface area contributed by atoms with Crippen molar-refractivity contribution in [1.29, 1.82) is 0 Å². The van der Waals surface area contributed by atoms with Crippen LogP contribution < -0.4 is 10.6 Å². The highest BCUT2D eigenvalue weighted by Gasteiger charge is 2.03. The van der Waals surface area contributed by atoms with E-state index < -0.39 is 0 Å². The second kappa shape index (κ2) is 12.5. The first kappa shape index (κ1) is 23.2. The summed E-state index contributed by atoms with van der Waals surface area (Å²) in [6, 6.07) is 10.7. The van der Waals surface area contributed by atoms with Crippen LogP contribution in [0.15, 0.2) is 47.8 Å². The van der Waals surface area contributed by atoms with Gasteiger partial charge in [-0.1, -0.05) is 32.0 Å². The first-order valence-corrected chi connectivity index (χ1v) is 10.2. The van der Waals surface area contributed by atoms with Crippen molar-refractivity contribution in [2.45, 2.75) is 46.2 Å². The molecule has 0 unspecified atom stereocenters. The predicted molar refractivity (Wildman–Crippen MR) is 130 cm³/mol. The summed E-state index contributed by atoms with van der Waals surface area (Å²) < 4.78 is 4.40. The summed E-state index contributed by atoms with van der Waals surface area (Å²) in [7, 11) is 0.